The lowest BCUT2D eigenvalue weighted by Crippen LogP contribution is -2.47. The Bertz CT molecular complexity index is 431. The van der Waals surface area contributed by atoms with E-state index in [-0.39, 0.29) is 6.61 Å². The lowest BCUT2D eigenvalue weighted by atomic mass is 9.89. The molecular weight excluding hydrogens is 257 g/mol. The summed E-state index contributed by atoms with van der Waals surface area (Å²) in [6, 6.07) is 4.99. The zero-order valence-corrected chi connectivity index (χ0v) is 11.5. The molecule has 2 nitrogen and oxygen atoms in total. The smallest absolute Gasteiger partial charge is 0.387 e. The van der Waals surface area contributed by atoms with Crippen LogP contribution in [0.1, 0.15) is 38.8 Å². The fourth-order valence-electron chi connectivity index (χ4n) is 1.28. The van der Waals surface area contributed by atoms with Crippen molar-refractivity contribution >= 4 is 0 Å². The summed E-state index contributed by atoms with van der Waals surface area (Å²) in [7, 11) is 0. The zero-order valence-electron chi connectivity index (χ0n) is 11.5. The maximum Gasteiger partial charge on any atom is 0.416 e. The van der Waals surface area contributed by atoms with E-state index in [1.807, 2.05) is 0 Å². The number of hydrogen-bond donors (Lipinski definition) is 1. The summed E-state index contributed by atoms with van der Waals surface area (Å²) in [5.41, 5.74) is -2.22. The van der Waals surface area contributed by atoms with Gasteiger partial charge >= 0.3 is 6.18 Å². The van der Waals surface area contributed by atoms with Crippen LogP contribution in [0.15, 0.2) is 24.3 Å². The van der Waals surface area contributed by atoms with Crippen LogP contribution in [0.25, 0.3) is 0 Å². The Kier molecular flexibility index (Phi) is 4.32. The summed E-state index contributed by atoms with van der Waals surface area (Å²) < 4.78 is 43.2. The number of alkyl halides is 3. The third-order valence-corrected chi connectivity index (χ3v) is 3.33. The van der Waals surface area contributed by atoms with Gasteiger partial charge in [0.05, 0.1) is 23.4 Å². The molecule has 0 aromatic heterocycles. The molecule has 19 heavy (non-hydrogen) atoms. The highest BCUT2D eigenvalue weighted by Gasteiger charge is 2.36. The van der Waals surface area contributed by atoms with Crippen LogP contribution in [0.5, 0.6) is 0 Å². The Labute approximate surface area is 111 Å². The van der Waals surface area contributed by atoms with Gasteiger partial charge in [-0.1, -0.05) is 12.1 Å². The Morgan fingerprint density at radius 1 is 1.11 bits per heavy atom. The molecule has 5 heteroatoms. The maximum atomic E-state index is 12.6. The first kappa shape index (κ1) is 16.0. The molecule has 0 aliphatic rings. The SMILES string of the molecule is CC(C)(O)C(C)(C)OCc1cccc(C(F)(F)F)c1. The Hall–Kier alpha value is -1.07. The second kappa shape index (κ2) is 5.13. The minimum atomic E-state index is -4.36. The molecule has 1 aromatic rings. The van der Waals surface area contributed by atoms with E-state index >= 15 is 0 Å². The largest absolute Gasteiger partial charge is 0.416 e. The van der Waals surface area contributed by atoms with Crippen LogP contribution in [0.2, 0.25) is 0 Å². The second-order valence-corrected chi connectivity index (χ2v) is 5.56. The molecule has 0 unspecified atom stereocenters. The standard InChI is InChI=1S/C14H19F3O2/c1-12(2,18)13(3,4)19-9-10-6-5-7-11(8-10)14(15,16)17/h5-8,18H,9H2,1-4H3. The van der Waals surface area contributed by atoms with E-state index in [2.05, 4.69) is 0 Å². The molecule has 0 spiro atoms. The predicted molar refractivity (Wildman–Crippen MR) is 66.6 cm³/mol. The molecule has 0 saturated carbocycles. The van der Waals surface area contributed by atoms with Gasteiger partial charge in [0.25, 0.3) is 0 Å². The first-order chi connectivity index (χ1) is 8.43. The van der Waals surface area contributed by atoms with E-state index in [9.17, 15) is 18.3 Å². The van der Waals surface area contributed by atoms with Gasteiger partial charge in [-0.25, -0.2) is 0 Å². The van der Waals surface area contributed by atoms with E-state index in [4.69, 9.17) is 4.74 Å². The number of hydrogen-bond acceptors (Lipinski definition) is 2. The van der Waals surface area contributed by atoms with Crippen LogP contribution in [0.3, 0.4) is 0 Å². The Morgan fingerprint density at radius 2 is 1.68 bits per heavy atom. The number of halogens is 3. The molecule has 1 rings (SSSR count). The van der Waals surface area contributed by atoms with Crippen molar-refractivity contribution in [1.82, 2.24) is 0 Å². The minimum Gasteiger partial charge on any atom is -0.387 e. The van der Waals surface area contributed by atoms with Gasteiger partial charge in [-0.05, 0) is 45.4 Å². The lowest BCUT2D eigenvalue weighted by molar-refractivity contribution is -0.154. The van der Waals surface area contributed by atoms with Crippen molar-refractivity contribution in [3.05, 3.63) is 35.4 Å². The molecule has 0 heterocycles. The van der Waals surface area contributed by atoms with Crippen LogP contribution in [0, 0.1) is 0 Å². The van der Waals surface area contributed by atoms with Gasteiger partial charge in [-0.15, -0.1) is 0 Å². The molecule has 0 aliphatic carbocycles. The number of aliphatic hydroxyl groups is 1. The van der Waals surface area contributed by atoms with Crippen molar-refractivity contribution in [2.45, 2.75) is 51.7 Å². The molecule has 0 amide bonds. The minimum absolute atomic E-state index is 0.0148. The van der Waals surface area contributed by atoms with E-state index in [0.29, 0.717) is 5.56 Å². The van der Waals surface area contributed by atoms with Gasteiger partial charge < -0.3 is 9.84 Å². The molecule has 108 valence electrons. The molecule has 0 radical (unpaired) electrons. The molecule has 0 fully saturated rings. The summed E-state index contributed by atoms with van der Waals surface area (Å²) in [5.74, 6) is 0. The normalized spacial score (nSPS) is 13.7. The second-order valence-electron chi connectivity index (χ2n) is 5.56. The topological polar surface area (TPSA) is 29.5 Å². The Balaban J connectivity index is 2.80. The quantitative estimate of drug-likeness (QED) is 0.907. The van der Waals surface area contributed by atoms with Crippen molar-refractivity contribution in [1.29, 1.82) is 0 Å². The summed E-state index contributed by atoms with van der Waals surface area (Å²) >= 11 is 0. The van der Waals surface area contributed by atoms with Crippen LogP contribution >= 0.6 is 0 Å². The number of benzene rings is 1. The van der Waals surface area contributed by atoms with E-state index in [1.165, 1.54) is 6.07 Å². The van der Waals surface area contributed by atoms with Crippen LogP contribution < -0.4 is 0 Å². The molecule has 0 atom stereocenters. The van der Waals surface area contributed by atoms with Crippen LogP contribution in [-0.2, 0) is 17.5 Å². The van der Waals surface area contributed by atoms with Gasteiger partial charge in [0, 0.05) is 0 Å². The summed E-state index contributed by atoms with van der Waals surface area (Å²) in [6.45, 7) is 6.60. The predicted octanol–water partition coefficient (Wildman–Crippen LogP) is 3.77. The molecule has 1 aromatic carbocycles. The zero-order chi connectivity index (χ0) is 14.9. The average Bonchev–Trinajstić information content (AvgIpc) is 2.24. The van der Waals surface area contributed by atoms with Crippen LogP contribution in [-0.4, -0.2) is 16.3 Å². The van der Waals surface area contributed by atoms with Crippen molar-refractivity contribution in [2.75, 3.05) is 0 Å². The van der Waals surface area contributed by atoms with Crippen molar-refractivity contribution < 1.29 is 23.0 Å². The highest BCUT2D eigenvalue weighted by molar-refractivity contribution is 5.25. The molecule has 1 N–H and O–H groups in total. The first-order valence-corrected chi connectivity index (χ1v) is 5.96. The average molecular weight is 276 g/mol. The summed E-state index contributed by atoms with van der Waals surface area (Å²) in [5, 5.41) is 9.90. The van der Waals surface area contributed by atoms with E-state index in [0.717, 1.165) is 12.1 Å². The van der Waals surface area contributed by atoms with Gasteiger partial charge in [0.1, 0.15) is 0 Å². The van der Waals surface area contributed by atoms with Crippen LogP contribution in [0.4, 0.5) is 13.2 Å². The van der Waals surface area contributed by atoms with Gasteiger partial charge in [0.15, 0.2) is 0 Å². The first-order valence-electron chi connectivity index (χ1n) is 5.96. The van der Waals surface area contributed by atoms with Crippen molar-refractivity contribution in [3.8, 4) is 0 Å². The van der Waals surface area contributed by atoms with E-state index in [1.54, 1.807) is 33.8 Å². The third-order valence-electron chi connectivity index (χ3n) is 3.33. The summed E-state index contributed by atoms with van der Waals surface area (Å²) in [4.78, 5) is 0. The van der Waals surface area contributed by atoms with Crippen molar-refractivity contribution in [2.24, 2.45) is 0 Å². The lowest BCUT2D eigenvalue weighted by Gasteiger charge is -2.37. The molecule has 0 aliphatic heterocycles. The van der Waals surface area contributed by atoms with Gasteiger partial charge in [-0.3, -0.25) is 0 Å². The fourth-order valence-corrected chi connectivity index (χ4v) is 1.28. The van der Waals surface area contributed by atoms with Gasteiger partial charge in [0.2, 0.25) is 0 Å². The third kappa shape index (κ3) is 4.21. The van der Waals surface area contributed by atoms with E-state index < -0.39 is 22.9 Å². The molecule has 0 saturated heterocycles. The highest BCUT2D eigenvalue weighted by Crippen LogP contribution is 2.31. The highest BCUT2D eigenvalue weighted by atomic mass is 19.4. The Morgan fingerprint density at radius 3 is 2.16 bits per heavy atom. The van der Waals surface area contributed by atoms with Gasteiger partial charge in [-0.2, -0.15) is 13.2 Å². The fraction of sp³-hybridized carbons (Fsp3) is 0.571. The maximum absolute atomic E-state index is 12.6. The number of ether oxygens (including phenoxy) is 1. The van der Waals surface area contributed by atoms with Crippen molar-refractivity contribution in [3.63, 3.8) is 0 Å². The molecular formula is C14H19F3O2. The molecule has 0 bridgehead atoms. The summed E-state index contributed by atoms with van der Waals surface area (Å²) in [6.07, 6.45) is -4.36. The monoisotopic (exact) mass is 276 g/mol. The number of rotatable bonds is 4.